The molecule has 4 heterocycles. The molecule has 0 amide bonds. The molecule has 2 aliphatic heterocycles. The lowest BCUT2D eigenvalue weighted by atomic mass is 10.1. The number of anilines is 1. The second-order valence-corrected chi connectivity index (χ2v) is 7.79. The van der Waals surface area contributed by atoms with Crippen molar-refractivity contribution in [3.05, 3.63) is 22.9 Å². The first-order valence-electron chi connectivity index (χ1n) is 9.33. The number of fused-ring (bicyclic) bond motifs is 3. The summed E-state index contributed by atoms with van der Waals surface area (Å²) in [6, 6.07) is 0.209. The van der Waals surface area contributed by atoms with Gasteiger partial charge in [0.05, 0.1) is 24.9 Å². The Hall–Kier alpha value is -1.93. The molecule has 0 spiro atoms. The lowest BCUT2D eigenvalue weighted by Crippen LogP contribution is -2.44. The molecule has 2 saturated heterocycles. The van der Waals surface area contributed by atoms with Crippen LogP contribution in [-0.4, -0.2) is 59.1 Å². The number of hydrogen-bond donors (Lipinski definition) is 0. The van der Waals surface area contributed by atoms with Crippen LogP contribution in [0.25, 0.3) is 0 Å². The Morgan fingerprint density at radius 3 is 2.62 bits per heavy atom. The van der Waals surface area contributed by atoms with Crippen molar-refractivity contribution in [3.63, 3.8) is 0 Å². The third-order valence-corrected chi connectivity index (χ3v) is 5.29. The van der Waals surface area contributed by atoms with Gasteiger partial charge in [-0.1, -0.05) is 19.0 Å². The van der Waals surface area contributed by atoms with Gasteiger partial charge < -0.3 is 18.7 Å². The highest BCUT2D eigenvalue weighted by Gasteiger charge is 2.36. The summed E-state index contributed by atoms with van der Waals surface area (Å²) in [7, 11) is 0. The van der Waals surface area contributed by atoms with Gasteiger partial charge in [0.15, 0.2) is 0 Å². The monoisotopic (exact) mass is 361 g/mol. The zero-order chi connectivity index (χ0) is 18.3. The van der Waals surface area contributed by atoms with Crippen molar-refractivity contribution in [1.29, 1.82) is 0 Å². The topological polar surface area (TPSA) is 80.7 Å². The zero-order valence-corrected chi connectivity index (χ0v) is 15.9. The van der Waals surface area contributed by atoms with E-state index in [1.54, 1.807) is 0 Å². The summed E-state index contributed by atoms with van der Waals surface area (Å²) >= 11 is 0. The van der Waals surface area contributed by atoms with Crippen molar-refractivity contribution in [2.75, 3.05) is 37.7 Å². The van der Waals surface area contributed by atoms with E-state index in [1.165, 1.54) is 5.56 Å². The van der Waals surface area contributed by atoms with E-state index >= 15 is 0 Å². The first kappa shape index (κ1) is 17.5. The summed E-state index contributed by atoms with van der Waals surface area (Å²) in [6.07, 6.45) is 0. The first-order valence-corrected chi connectivity index (χ1v) is 9.33. The van der Waals surface area contributed by atoms with Gasteiger partial charge in [-0.3, -0.25) is 4.90 Å². The molecule has 2 aliphatic rings. The number of aryl methyl sites for hydroxylation is 2. The highest BCUT2D eigenvalue weighted by molar-refractivity contribution is 5.32. The van der Waals surface area contributed by atoms with E-state index in [1.807, 2.05) is 13.8 Å². The number of hydrogen-bond acceptors (Lipinski definition) is 8. The Balaban J connectivity index is 1.55. The maximum absolute atomic E-state index is 5.91. The second kappa shape index (κ2) is 7.00. The molecule has 0 N–H and O–H groups in total. The van der Waals surface area contributed by atoms with Crippen LogP contribution >= 0.6 is 0 Å². The molecule has 2 bridgehead atoms. The molecule has 0 aliphatic carbocycles. The summed E-state index contributed by atoms with van der Waals surface area (Å²) in [5.74, 6) is 2.92. The fourth-order valence-corrected chi connectivity index (χ4v) is 3.84. The van der Waals surface area contributed by atoms with Crippen LogP contribution in [0.5, 0.6) is 0 Å². The van der Waals surface area contributed by atoms with Crippen LogP contribution in [0.3, 0.4) is 0 Å². The minimum Gasteiger partial charge on any atom is -0.379 e. The molecule has 2 aromatic heterocycles. The van der Waals surface area contributed by atoms with Gasteiger partial charge in [0.1, 0.15) is 5.76 Å². The predicted octanol–water partition coefficient (Wildman–Crippen LogP) is 2.14. The number of ether oxygens (including phenoxy) is 1. The van der Waals surface area contributed by atoms with Gasteiger partial charge in [-0.05, 0) is 19.0 Å². The van der Waals surface area contributed by atoms with E-state index in [2.05, 4.69) is 38.9 Å². The molecule has 8 nitrogen and oxygen atoms in total. The Bertz CT molecular complexity index is 736. The van der Waals surface area contributed by atoms with Crippen LogP contribution in [0.2, 0.25) is 0 Å². The van der Waals surface area contributed by atoms with Crippen molar-refractivity contribution < 1.29 is 13.8 Å². The van der Waals surface area contributed by atoms with Crippen molar-refractivity contribution in [2.24, 2.45) is 5.92 Å². The third kappa shape index (κ3) is 3.35. The molecular formula is C18H27N5O3. The van der Waals surface area contributed by atoms with Gasteiger partial charge in [0.25, 0.3) is 5.95 Å². The molecule has 0 radical (unpaired) electrons. The van der Waals surface area contributed by atoms with Crippen molar-refractivity contribution >= 4 is 5.95 Å². The number of rotatable bonds is 4. The Morgan fingerprint density at radius 1 is 1.08 bits per heavy atom. The molecule has 2 fully saturated rings. The maximum Gasteiger partial charge on any atom is 0.266 e. The van der Waals surface area contributed by atoms with Crippen LogP contribution in [-0.2, 0) is 11.3 Å². The fourth-order valence-electron chi connectivity index (χ4n) is 3.84. The lowest BCUT2D eigenvalue weighted by Gasteiger charge is -2.30. The van der Waals surface area contributed by atoms with Crippen molar-refractivity contribution in [3.8, 4) is 0 Å². The second-order valence-electron chi connectivity index (χ2n) is 7.79. The summed E-state index contributed by atoms with van der Waals surface area (Å²) < 4.78 is 16.7. The highest BCUT2D eigenvalue weighted by Crippen LogP contribution is 2.27. The maximum atomic E-state index is 5.91. The smallest absolute Gasteiger partial charge is 0.266 e. The third-order valence-electron chi connectivity index (χ3n) is 5.29. The van der Waals surface area contributed by atoms with Gasteiger partial charge in [0, 0.05) is 43.6 Å². The number of aromatic nitrogens is 3. The van der Waals surface area contributed by atoms with Crippen LogP contribution in [0, 0.1) is 19.8 Å². The standard InChI is InChI=1S/C18H27N5O3/c1-11(2)17-19-18(21-26-17)23-6-14-5-22(7-15(23)10-24-9-14)8-16-12(3)20-25-13(16)4/h11,14-15H,5-10H2,1-4H3/t14-,15-/m0/s1. The van der Waals surface area contributed by atoms with Crippen LogP contribution in [0.1, 0.15) is 42.7 Å². The van der Waals surface area contributed by atoms with Gasteiger partial charge >= 0.3 is 0 Å². The lowest BCUT2D eigenvalue weighted by molar-refractivity contribution is 0.0625. The largest absolute Gasteiger partial charge is 0.379 e. The minimum atomic E-state index is 0.209. The molecule has 2 aromatic rings. The van der Waals surface area contributed by atoms with E-state index in [9.17, 15) is 0 Å². The summed E-state index contributed by atoms with van der Waals surface area (Å²) in [6.45, 7) is 13.2. The molecule has 8 heteroatoms. The van der Waals surface area contributed by atoms with Crippen LogP contribution < -0.4 is 4.90 Å². The minimum absolute atomic E-state index is 0.209. The molecule has 142 valence electrons. The molecular weight excluding hydrogens is 334 g/mol. The van der Waals surface area contributed by atoms with Gasteiger partial charge in [-0.2, -0.15) is 4.98 Å². The van der Waals surface area contributed by atoms with Crippen molar-refractivity contribution in [2.45, 2.75) is 46.2 Å². The normalized spacial score (nSPS) is 24.3. The Morgan fingerprint density at radius 2 is 1.92 bits per heavy atom. The summed E-state index contributed by atoms with van der Waals surface area (Å²) in [5.41, 5.74) is 2.17. The van der Waals surface area contributed by atoms with E-state index in [4.69, 9.17) is 13.8 Å². The van der Waals surface area contributed by atoms with Gasteiger partial charge in [-0.25, -0.2) is 0 Å². The Labute approximate surface area is 153 Å². The average Bonchev–Trinajstić information content (AvgIpc) is 3.08. The summed E-state index contributed by atoms with van der Waals surface area (Å²) in [5, 5.41) is 8.32. The van der Waals surface area contributed by atoms with E-state index < -0.39 is 0 Å². The molecule has 0 saturated carbocycles. The molecule has 4 rings (SSSR count). The molecule has 0 aromatic carbocycles. The van der Waals surface area contributed by atoms with Gasteiger partial charge in [-0.15, -0.1) is 0 Å². The molecule has 0 unspecified atom stereocenters. The molecule has 2 atom stereocenters. The Kier molecular flexibility index (Phi) is 4.71. The van der Waals surface area contributed by atoms with E-state index in [-0.39, 0.29) is 12.0 Å². The summed E-state index contributed by atoms with van der Waals surface area (Å²) in [4.78, 5) is 9.36. The van der Waals surface area contributed by atoms with E-state index in [0.717, 1.165) is 44.2 Å². The van der Waals surface area contributed by atoms with Gasteiger partial charge in [0.2, 0.25) is 5.89 Å². The highest BCUT2D eigenvalue weighted by atomic mass is 16.5. The predicted molar refractivity (Wildman–Crippen MR) is 95.1 cm³/mol. The average molecular weight is 361 g/mol. The number of nitrogens with zero attached hydrogens (tertiary/aromatic N) is 5. The SMILES string of the molecule is Cc1noc(C)c1CN1C[C@@H]2COC[C@H](C1)N(c1noc(C(C)C)n1)C2. The first-order chi connectivity index (χ1) is 12.5. The molecule has 26 heavy (non-hydrogen) atoms. The quantitative estimate of drug-likeness (QED) is 0.819. The fraction of sp³-hybridized carbons (Fsp3) is 0.722. The van der Waals surface area contributed by atoms with E-state index in [0.29, 0.717) is 24.4 Å². The van der Waals surface area contributed by atoms with Crippen LogP contribution in [0.15, 0.2) is 9.05 Å². The van der Waals surface area contributed by atoms with Crippen LogP contribution in [0.4, 0.5) is 5.95 Å². The van der Waals surface area contributed by atoms with Crippen molar-refractivity contribution in [1.82, 2.24) is 20.2 Å². The zero-order valence-electron chi connectivity index (χ0n) is 15.9.